The number of hydrogen-bond acceptors (Lipinski definition) is 2. The van der Waals surface area contributed by atoms with Gasteiger partial charge in [-0.2, -0.15) is 0 Å². The van der Waals surface area contributed by atoms with Crippen molar-refractivity contribution >= 4 is 6.40 Å². The summed E-state index contributed by atoms with van der Waals surface area (Å²) in [6, 6.07) is 12.0. The van der Waals surface area contributed by atoms with Gasteiger partial charge in [-0.1, -0.05) is 42.8 Å². The van der Waals surface area contributed by atoms with Crippen molar-refractivity contribution in [3.05, 3.63) is 36.4 Å². The van der Waals surface area contributed by atoms with Crippen molar-refractivity contribution in [2.24, 2.45) is 0 Å². The van der Waals surface area contributed by atoms with Gasteiger partial charge in [0.2, 0.25) is 0 Å². The molecule has 0 amide bonds. The van der Waals surface area contributed by atoms with Crippen molar-refractivity contribution < 1.29 is 32.8 Å². The van der Waals surface area contributed by atoms with E-state index in [0.29, 0.717) is 0 Å². The van der Waals surface area contributed by atoms with Crippen molar-refractivity contribution in [2.75, 3.05) is 0 Å². The molecule has 0 aliphatic carbocycles. The van der Waals surface area contributed by atoms with E-state index < -0.39 is 0 Å². The first kappa shape index (κ1) is 12.3. The first-order chi connectivity index (χ1) is 4.41. The van der Waals surface area contributed by atoms with E-state index in [-0.39, 0.29) is 34.1 Å². The minimum Gasteiger partial charge on any atom is -0.865 e. The summed E-state index contributed by atoms with van der Waals surface area (Å²) < 4.78 is 0. The third-order valence-electron chi connectivity index (χ3n) is 0.667. The molecular formula is C7H8HgNO. The summed E-state index contributed by atoms with van der Waals surface area (Å²) in [5.41, 5.74) is 0. The van der Waals surface area contributed by atoms with Crippen LogP contribution in [-0.4, -0.2) is 6.40 Å². The maximum absolute atomic E-state index is 8.47. The maximum Gasteiger partial charge on any atom is 1.00 e. The second-order valence-corrected chi connectivity index (χ2v) is 1.27. The number of nitrogens with one attached hydrogen (secondary N) is 1. The summed E-state index contributed by atoms with van der Waals surface area (Å²) in [5.74, 6) is 0. The minimum absolute atomic E-state index is 0. The van der Waals surface area contributed by atoms with Crippen molar-refractivity contribution in [3.63, 3.8) is 0 Å². The molecule has 1 aromatic carbocycles. The molecule has 0 saturated carbocycles. The molecule has 10 heavy (non-hydrogen) atoms. The van der Waals surface area contributed by atoms with Gasteiger partial charge in [0.1, 0.15) is 0 Å². The summed E-state index contributed by atoms with van der Waals surface area (Å²) >= 11 is 0. The zero-order valence-corrected chi connectivity index (χ0v) is 11.2. The fraction of sp³-hybridized carbons (Fsp3) is 0. The second kappa shape index (κ2) is 11.4. The molecule has 0 aliphatic heterocycles. The van der Waals surface area contributed by atoms with Crippen molar-refractivity contribution in [1.82, 2.24) is 0 Å². The fourth-order valence-electron chi connectivity index (χ4n) is 0.385. The van der Waals surface area contributed by atoms with Crippen LogP contribution in [0, 0.1) is 5.41 Å². The van der Waals surface area contributed by atoms with Gasteiger partial charge in [-0.25, -0.2) is 0 Å². The average molecular weight is 323 g/mol. The van der Waals surface area contributed by atoms with Gasteiger partial charge in [-0.05, 0) is 0 Å². The summed E-state index contributed by atoms with van der Waals surface area (Å²) in [4.78, 5) is 0. The summed E-state index contributed by atoms with van der Waals surface area (Å²) in [6.45, 7) is 0. The molecule has 0 saturated heterocycles. The molecule has 49 valence electrons. The minimum atomic E-state index is 0. The topological polar surface area (TPSA) is 46.9 Å². The number of rotatable bonds is 0. The van der Waals surface area contributed by atoms with Crippen LogP contribution in [-0.2, 0) is 27.7 Å². The van der Waals surface area contributed by atoms with Crippen LogP contribution < -0.4 is 5.11 Å². The van der Waals surface area contributed by atoms with E-state index in [2.05, 4.69) is 0 Å². The van der Waals surface area contributed by atoms with Gasteiger partial charge in [0.25, 0.3) is 0 Å². The van der Waals surface area contributed by atoms with Crippen LogP contribution in [0.2, 0.25) is 0 Å². The first-order valence-electron chi connectivity index (χ1n) is 2.52. The zero-order valence-electron chi connectivity index (χ0n) is 5.66. The smallest absolute Gasteiger partial charge is 0.865 e. The summed E-state index contributed by atoms with van der Waals surface area (Å²) in [5, 5.41) is 14.0. The van der Waals surface area contributed by atoms with E-state index in [4.69, 9.17) is 10.5 Å². The van der Waals surface area contributed by atoms with E-state index in [9.17, 15) is 0 Å². The Labute approximate surface area is 80.9 Å². The number of benzene rings is 1. The Morgan fingerprint density at radius 2 is 1.00 bits per heavy atom. The molecule has 0 atom stereocenters. The first-order valence-corrected chi connectivity index (χ1v) is 2.52. The molecule has 1 N–H and O–H groups in total. The SMILES string of the molecule is N=C[O-].[Hg+].c1ccccc1. The van der Waals surface area contributed by atoms with Gasteiger partial charge in [0, 0.05) is 0 Å². The Kier molecular flexibility index (Phi) is 14.1. The Hall–Kier alpha value is -0.375. The van der Waals surface area contributed by atoms with Crippen LogP contribution >= 0.6 is 0 Å². The molecule has 0 aromatic heterocycles. The zero-order chi connectivity index (χ0) is 6.95. The van der Waals surface area contributed by atoms with Crippen LogP contribution in [0.25, 0.3) is 0 Å². The normalized spacial score (nSPS) is 6.00. The Bertz CT molecular complexity index is 117. The molecule has 2 nitrogen and oxygen atoms in total. The van der Waals surface area contributed by atoms with Gasteiger partial charge in [0.15, 0.2) is 0 Å². The Morgan fingerprint density at radius 1 is 0.900 bits per heavy atom. The fourth-order valence-corrected chi connectivity index (χ4v) is 0.385. The van der Waals surface area contributed by atoms with Gasteiger partial charge in [0.05, 0.1) is 0 Å². The predicted octanol–water partition coefficient (Wildman–Crippen LogP) is 0.638. The summed E-state index contributed by atoms with van der Waals surface area (Å²) in [6.07, 6.45) is 0. The molecule has 1 radical (unpaired) electrons. The van der Waals surface area contributed by atoms with Crippen LogP contribution in [0.15, 0.2) is 36.4 Å². The quantitative estimate of drug-likeness (QED) is 0.425. The van der Waals surface area contributed by atoms with Gasteiger partial charge in [-0.3, -0.25) is 0 Å². The van der Waals surface area contributed by atoms with E-state index in [0.717, 1.165) is 0 Å². The van der Waals surface area contributed by atoms with Gasteiger partial charge >= 0.3 is 27.7 Å². The van der Waals surface area contributed by atoms with E-state index in [1.165, 1.54) is 0 Å². The Morgan fingerprint density at radius 3 is 1.10 bits per heavy atom. The predicted molar refractivity (Wildman–Crippen MR) is 35.2 cm³/mol. The van der Waals surface area contributed by atoms with E-state index in [1.807, 2.05) is 36.4 Å². The Balaban J connectivity index is 0. The molecule has 3 heteroatoms. The van der Waals surface area contributed by atoms with Crippen LogP contribution in [0.1, 0.15) is 0 Å². The van der Waals surface area contributed by atoms with Crippen molar-refractivity contribution in [3.8, 4) is 0 Å². The van der Waals surface area contributed by atoms with Crippen molar-refractivity contribution in [1.29, 1.82) is 5.41 Å². The van der Waals surface area contributed by atoms with Gasteiger partial charge in [-0.15, -0.1) is 0 Å². The third-order valence-corrected chi connectivity index (χ3v) is 0.667. The summed E-state index contributed by atoms with van der Waals surface area (Å²) in [7, 11) is 0. The molecular weight excluding hydrogens is 315 g/mol. The molecule has 0 unspecified atom stereocenters. The number of hydrogen-bond donors (Lipinski definition) is 1. The monoisotopic (exact) mass is 324 g/mol. The van der Waals surface area contributed by atoms with Gasteiger partial charge < -0.3 is 10.5 Å². The third kappa shape index (κ3) is 10.6. The molecule has 0 heterocycles. The largest absolute Gasteiger partial charge is 1.00 e. The van der Waals surface area contributed by atoms with Crippen LogP contribution in [0.4, 0.5) is 0 Å². The molecule has 0 fully saturated rings. The molecule has 0 spiro atoms. The van der Waals surface area contributed by atoms with E-state index in [1.54, 1.807) is 0 Å². The standard InChI is InChI=1S/C6H6.CH3NO.Hg/c1-2-4-6-5-3-1;2-1-3;/h1-6H;1H,(H2,2,3);/q;;+1/p-1. The van der Waals surface area contributed by atoms with Crippen LogP contribution in [0.3, 0.4) is 0 Å². The molecule has 0 aliphatic rings. The molecule has 0 bridgehead atoms. The van der Waals surface area contributed by atoms with Crippen molar-refractivity contribution in [2.45, 2.75) is 0 Å². The second-order valence-electron chi connectivity index (χ2n) is 1.27. The van der Waals surface area contributed by atoms with Crippen LogP contribution in [0.5, 0.6) is 0 Å². The van der Waals surface area contributed by atoms with E-state index >= 15 is 0 Å². The molecule has 1 rings (SSSR count). The maximum atomic E-state index is 8.47. The average Bonchev–Trinajstić information content (AvgIpc) is 1.93. The molecule has 1 aromatic rings.